The van der Waals surface area contributed by atoms with Gasteiger partial charge in [0.1, 0.15) is 0 Å². The van der Waals surface area contributed by atoms with Crippen LogP contribution in [0.5, 0.6) is 0 Å². The molecule has 0 amide bonds. The van der Waals surface area contributed by atoms with E-state index < -0.39 is 0 Å². The van der Waals surface area contributed by atoms with Crippen molar-refractivity contribution in [2.24, 2.45) is 11.7 Å². The Labute approximate surface area is 122 Å². The summed E-state index contributed by atoms with van der Waals surface area (Å²) in [5.74, 6) is 0.403. The van der Waals surface area contributed by atoms with Crippen molar-refractivity contribution in [1.29, 1.82) is 0 Å². The first-order chi connectivity index (χ1) is 9.65. The first kappa shape index (κ1) is 15.5. The highest BCUT2D eigenvalue weighted by Gasteiger charge is 2.29. The second-order valence-corrected chi connectivity index (χ2v) is 6.11. The van der Waals surface area contributed by atoms with E-state index in [0.29, 0.717) is 12.5 Å². The number of piperidine rings is 1. The molecule has 1 aromatic rings. The quantitative estimate of drug-likeness (QED) is 0.868. The van der Waals surface area contributed by atoms with E-state index in [4.69, 9.17) is 5.73 Å². The molecule has 0 spiro atoms. The first-order valence-electron chi connectivity index (χ1n) is 7.82. The average molecular weight is 276 g/mol. The smallest absolute Gasteiger partial charge is 0.0499 e. The van der Waals surface area contributed by atoms with E-state index in [1.807, 2.05) is 0 Å². The maximum atomic E-state index is 9.44. The Bertz CT molecular complexity index is 404. The van der Waals surface area contributed by atoms with Gasteiger partial charge < -0.3 is 10.8 Å². The van der Waals surface area contributed by atoms with E-state index >= 15 is 0 Å². The lowest BCUT2D eigenvalue weighted by Crippen LogP contribution is -2.46. The molecule has 20 heavy (non-hydrogen) atoms. The van der Waals surface area contributed by atoms with Crippen molar-refractivity contribution in [1.82, 2.24) is 4.90 Å². The summed E-state index contributed by atoms with van der Waals surface area (Å²) in [5, 5.41) is 9.44. The minimum Gasteiger partial charge on any atom is -0.396 e. The van der Waals surface area contributed by atoms with Crippen LogP contribution in [-0.4, -0.2) is 35.7 Å². The Morgan fingerprint density at radius 2 is 2.05 bits per heavy atom. The third kappa shape index (κ3) is 3.60. The first-order valence-corrected chi connectivity index (χ1v) is 7.82. The molecule has 3 heteroatoms. The number of hydrogen-bond donors (Lipinski definition) is 2. The summed E-state index contributed by atoms with van der Waals surface area (Å²) in [6.45, 7) is 6.60. The van der Waals surface area contributed by atoms with Crippen LogP contribution in [0.1, 0.15) is 43.4 Å². The summed E-state index contributed by atoms with van der Waals surface area (Å²) >= 11 is 0. The molecule has 1 heterocycles. The number of aliphatic hydroxyl groups is 1. The van der Waals surface area contributed by atoms with E-state index in [0.717, 1.165) is 32.4 Å². The molecule has 112 valence electrons. The standard InChI is InChI=1S/C17H28N2O/c1-3-16(18)17(15-8-6-13(2)7-9-15)19-10-4-5-14(11-19)12-20/h6-9,14,16-17,20H,3-5,10-12,18H2,1-2H3. The molecule has 3 N–H and O–H groups in total. The summed E-state index contributed by atoms with van der Waals surface area (Å²) in [4.78, 5) is 2.48. The summed E-state index contributed by atoms with van der Waals surface area (Å²) in [6, 6.07) is 9.16. The third-order valence-electron chi connectivity index (χ3n) is 4.50. The second-order valence-electron chi connectivity index (χ2n) is 6.11. The van der Waals surface area contributed by atoms with E-state index in [1.165, 1.54) is 11.1 Å². The second kappa shape index (κ2) is 7.21. The SMILES string of the molecule is CCC(N)C(c1ccc(C)cc1)N1CCCC(CO)C1. The van der Waals surface area contributed by atoms with Crippen LogP contribution < -0.4 is 5.73 Å². The van der Waals surface area contributed by atoms with Gasteiger partial charge in [-0.2, -0.15) is 0 Å². The van der Waals surface area contributed by atoms with Crippen molar-refractivity contribution in [2.75, 3.05) is 19.7 Å². The number of aliphatic hydroxyl groups excluding tert-OH is 1. The van der Waals surface area contributed by atoms with Crippen molar-refractivity contribution >= 4 is 0 Å². The molecule has 1 aliphatic rings. The van der Waals surface area contributed by atoms with Crippen LogP contribution in [0.15, 0.2) is 24.3 Å². The molecule has 2 rings (SSSR count). The lowest BCUT2D eigenvalue weighted by atomic mass is 9.91. The highest BCUT2D eigenvalue weighted by atomic mass is 16.3. The Kier molecular flexibility index (Phi) is 5.58. The fraction of sp³-hybridized carbons (Fsp3) is 0.647. The van der Waals surface area contributed by atoms with Gasteiger partial charge in [-0.05, 0) is 44.2 Å². The minimum atomic E-state index is 0.148. The van der Waals surface area contributed by atoms with Crippen molar-refractivity contribution in [3.8, 4) is 0 Å². The molecule has 1 fully saturated rings. The maximum Gasteiger partial charge on any atom is 0.0499 e. The van der Waals surface area contributed by atoms with Crippen molar-refractivity contribution in [3.63, 3.8) is 0 Å². The number of nitrogens with zero attached hydrogens (tertiary/aromatic N) is 1. The predicted octanol–water partition coefficient (Wildman–Crippen LogP) is 2.48. The van der Waals surface area contributed by atoms with Crippen LogP contribution in [0.25, 0.3) is 0 Å². The van der Waals surface area contributed by atoms with E-state index in [-0.39, 0.29) is 12.1 Å². The van der Waals surface area contributed by atoms with Gasteiger partial charge in [-0.25, -0.2) is 0 Å². The monoisotopic (exact) mass is 276 g/mol. The number of aryl methyl sites for hydroxylation is 1. The normalized spacial score (nSPS) is 23.5. The molecular weight excluding hydrogens is 248 g/mol. The molecule has 0 saturated carbocycles. The van der Waals surface area contributed by atoms with Gasteiger partial charge in [-0.1, -0.05) is 36.8 Å². The van der Waals surface area contributed by atoms with Crippen LogP contribution in [0, 0.1) is 12.8 Å². The van der Waals surface area contributed by atoms with Gasteiger partial charge in [-0.15, -0.1) is 0 Å². The van der Waals surface area contributed by atoms with Crippen LogP contribution in [0.4, 0.5) is 0 Å². The topological polar surface area (TPSA) is 49.5 Å². The van der Waals surface area contributed by atoms with Crippen LogP contribution >= 0.6 is 0 Å². The lowest BCUT2D eigenvalue weighted by molar-refractivity contribution is 0.0763. The molecule has 3 unspecified atom stereocenters. The minimum absolute atomic E-state index is 0.148. The molecule has 0 aliphatic carbocycles. The molecule has 1 aromatic carbocycles. The largest absolute Gasteiger partial charge is 0.396 e. The summed E-state index contributed by atoms with van der Waals surface area (Å²) < 4.78 is 0. The maximum absolute atomic E-state index is 9.44. The van der Waals surface area contributed by atoms with Gasteiger partial charge in [-0.3, -0.25) is 4.90 Å². The Balaban J connectivity index is 2.20. The summed E-state index contributed by atoms with van der Waals surface area (Å²) in [6.07, 6.45) is 3.26. The Morgan fingerprint density at radius 1 is 1.35 bits per heavy atom. The fourth-order valence-corrected chi connectivity index (χ4v) is 3.21. The van der Waals surface area contributed by atoms with Crippen molar-refractivity contribution in [2.45, 2.75) is 45.2 Å². The fourth-order valence-electron chi connectivity index (χ4n) is 3.21. The number of benzene rings is 1. The molecule has 1 aliphatic heterocycles. The molecule has 3 nitrogen and oxygen atoms in total. The van der Waals surface area contributed by atoms with E-state index in [1.54, 1.807) is 0 Å². The Hall–Kier alpha value is -0.900. The van der Waals surface area contributed by atoms with Gasteiger partial charge >= 0.3 is 0 Å². The number of rotatable bonds is 5. The highest BCUT2D eigenvalue weighted by Crippen LogP contribution is 2.30. The molecule has 0 bridgehead atoms. The van der Waals surface area contributed by atoms with Gasteiger partial charge in [0.25, 0.3) is 0 Å². The third-order valence-corrected chi connectivity index (χ3v) is 4.50. The van der Waals surface area contributed by atoms with Gasteiger partial charge in [0.2, 0.25) is 0 Å². The highest BCUT2D eigenvalue weighted by molar-refractivity contribution is 5.25. The van der Waals surface area contributed by atoms with Gasteiger partial charge in [0.05, 0.1) is 0 Å². The lowest BCUT2D eigenvalue weighted by Gasteiger charge is -2.40. The van der Waals surface area contributed by atoms with Crippen molar-refractivity contribution < 1.29 is 5.11 Å². The predicted molar refractivity (Wildman–Crippen MR) is 83.6 cm³/mol. The number of likely N-dealkylation sites (tertiary alicyclic amines) is 1. The van der Waals surface area contributed by atoms with Crippen LogP contribution in [0.2, 0.25) is 0 Å². The zero-order chi connectivity index (χ0) is 14.5. The van der Waals surface area contributed by atoms with E-state index in [9.17, 15) is 5.11 Å². The number of nitrogens with two attached hydrogens (primary N) is 1. The van der Waals surface area contributed by atoms with Gasteiger partial charge in [0.15, 0.2) is 0 Å². The zero-order valence-electron chi connectivity index (χ0n) is 12.8. The van der Waals surface area contributed by atoms with Crippen molar-refractivity contribution in [3.05, 3.63) is 35.4 Å². The van der Waals surface area contributed by atoms with Gasteiger partial charge in [0, 0.05) is 25.2 Å². The molecule has 1 saturated heterocycles. The molecule has 3 atom stereocenters. The molecular formula is C17H28N2O. The van der Waals surface area contributed by atoms with E-state index in [2.05, 4.69) is 43.0 Å². The number of hydrogen-bond acceptors (Lipinski definition) is 3. The zero-order valence-corrected chi connectivity index (χ0v) is 12.8. The molecule has 0 radical (unpaired) electrons. The summed E-state index contributed by atoms with van der Waals surface area (Å²) in [7, 11) is 0. The Morgan fingerprint density at radius 3 is 2.65 bits per heavy atom. The summed E-state index contributed by atoms with van der Waals surface area (Å²) in [5.41, 5.74) is 8.99. The van der Waals surface area contributed by atoms with Crippen LogP contribution in [-0.2, 0) is 0 Å². The molecule has 0 aromatic heterocycles. The van der Waals surface area contributed by atoms with Crippen LogP contribution in [0.3, 0.4) is 0 Å². The average Bonchev–Trinajstić information content (AvgIpc) is 2.49.